The number of hydrogen-bond acceptors (Lipinski definition) is 3. The van der Waals surface area contributed by atoms with Crippen LogP contribution in [-0.2, 0) is 11.3 Å². The summed E-state index contributed by atoms with van der Waals surface area (Å²) in [5.41, 5.74) is 1.62. The molecular formula is C19H18FNO3. The third-order valence-electron chi connectivity index (χ3n) is 3.25. The van der Waals surface area contributed by atoms with E-state index in [9.17, 15) is 14.0 Å². The molecule has 0 unspecified atom stereocenters. The van der Waals surface area contributed by atoms with Crippen LogP contribution in [0.4, 0.5) is 9.18 Å². The molecule has 0 aliphatic rings. The van der Waals surface area contributed by atoms with E-state index in [2.05, 4.69) is 5.32 Å². The minimum atomic E-state index is -0.547. The first-order valence-corrected chi connectivity index (χ1v) is 7.55. The maximum absolute atomic E-state index is 13.4. The van der Waals surface area contributed by atoms with Crippen LogP contribution < -0.4 is 5.32 Å². The summed E-state index contributed by atoms with van der Waals surface area (Å²) < 4.78 is 18.5. The van der Waals surface area contributed by atoms with E-state index in [1.165, 1.54) is 12.1 Å². The Kier molecular flexibility index (Phi) is 6.71. The molecule has 0 aliphatic carbocycles. The van der Waals surface area contributed by atoms with Crippen LogP contribution in [0, 0.1) is 5.82 Å². The van der Waals surface area contributed by atoms with Gasteiger partial charge in [-0.3, -0.25) is 4.79 Å². The van der Waals surface area contributed by atoms with Gasteiger partial charge in [0.05, 0.1) is 5.56 Å². The fourth-order valence-corrected chi connectivity index (χ4v) is 1.99. The minimum Gasteiger partial charge on any atom is -0.445 e. The first-order valence-electron chi connectivity index (χ1n) is 7.55. The monoisotopic (exact) mass is 327 g/mol. The van der Waals surface area contributed by atoms with Crippen molar-refractivity contribution in [2.75, 3.05) is 6.54 Å². The molecule has 5 heteroatoms. The van der Waals surface area contributed by atoms with Crippen molar-refractivity contribution in [3.05, 3.63) is 77.1 Å². The zero-order chi connectivity index (χ0) is 17.2. The fraction of sp³-hybridized carbons (Fsp3) is 0.158. The zero-order valence-corrected chi connectivity index (χ0v) is 13.1. The molecule has 0 radical (unpaired) electrons. The summed E-state index contributed by atoms with van der Waals surface area (Å²) in [5, 5.41) is 2.64. The van der Waals surface area contributed by atoms with E-state index in [1.807, 2.05) is 36.4 Å². The lowest BCUT2D eigenvalue weighted by Gasteiger charge is -2.05. The van der Waals surface area contributed by atoms with Crippen LogP contribution in [-0.4, -0.2) is 18.9 Å². The molecule has 0 fully saturated rings. The van der Waals surface area contributed by atoms with Crippen LogP contribution in [0.2, 0.25) is 0 Å². The van der Waals surface area contributed by atoms with E-state index in [-0.39, 0.29) is 12.2 Å². The van der Waals surface area contributed by atoms with E-state index in [0.717, 1.165) is 5.56 Å². The molecule has 0 spiro atoms. The summed E-state index contributed by atoms with van der Waals surface area (Å²) in [7, 11) is 0. The molecule has 1 amide bonds. The largest absolute Gasteiger partial charge is 0.445 e. The van der Waals surface area contributed by atoms with Crippen molar-refractivity contribution in [1.29, 1.82) is 0 Å². The lowest BCUT2D eigenvalue weighted by atomic mass is 10.1. The smallest absolute Gasteiger partial charge is 0.407 e. The SMILES string of the molecule is O=Cc1ccc(C=CCCNC(=O)OCc2ccccc2)cc1F. The van der Waals surface area contributed by atoms with Crippen molar-refractivity contribution in [3.8, 4) is 0 Å². The highest BCUT2D eigenvalue weighted by Gasteiger charge is 2.01. The van der Waals surface area contributed by atoms with Gasteiger partial charge in [-0.1, -0.05) is 48.6 Å². The van der Waals surface area contributed by atoms with Crippen LogP contribution in [0.1, 0.15) is 27.9 Å². The second-order valence-corrected chi connectivity index (χ2v) is 5.08. The van der Waals surface area contributed by atoms with Gasteiger partial charge in [0, 0.05) is 6.54 Å². The van der Waals surface area contributed by atoms with Crippen LogP contribution in [0.5, 0.6) is 0 Å². The summed E-state index contributed by atoms with van der Waals surface area (Å²) in [4.78, 5) is 22.1. The van der Waals surface area contributed by atoms with Crippen molar-refractivity contribution in [1.82, 2.24) is 5.32 Å². The molecular weight excluding hydrogens is 309 g/mol. The van der Waals surface area contributed by atoms with Crippen LogP contribution in [0.3, 0.4) is 0 Å². The van der Waals surface area contributed by atoms with Crippen LogP contribution in [0.25, 0.3) is 6.08 Å². The predicted molar refractivity (Wildman–Crippen MR) is 90.1 cm³/mol. The topological polar surface area (TPSA) is 55.4 Å². The first-order chi connectivity index (χ1) is 11.7. The molecule has 1 N–H and O–H groups in total. The summed E-state index contributed by atoms with van der Waals surface area (Å²) in [5.74, 6) is -0.547. The molecule has 2 aromatic rings. The van der Waals surface area contributed by atoms with Gasteiger partial charge < -0.3 is 10.1 Å². The third-order valence-corrected chi connectivity index (χ3v) is 3.25. The Bertz CT molecular complexity index is 714. The molecule has 2 rings (SSSR count). The Balaban J connectivity index is 1.67. The van der Waals surface area contributed by atoms with Gasteiger partial charge in [-0.15, -0.1) is 0 Å². The highest BCUT2D eigenvalue weighted by atomic mass is 19.1. The zero-order valence-electron chi connectivity index (χ0n) is 13.1. The van der Waals surface area contributed by atoms with Gasteiger partial charge in [0.2, 0.25) is 0 Å². The Hall–Kier alpha value is -2.95. The lowest BCUT2D eigenvalue weighted by molar-refractivity contribution is 0.111. The first kappa shape index (κ1) is 17.4. The van der Waals surface area contributed by atoms with E-state index < -0.39 is 11.9 Å². The number of carbonyl (C=O) groups excluding carboxylic acids is 2. The van der Waals surface area contributed by atoms with Crippen molar-refractivity contribution in [3.63, 3.8) is 0 Å². The number of carbonyl (C=O) groups is 2. The highest BCUT2D eigenvalue weighted by Crippen LogP contribution is 2.10. The third kappa shape index (κ3) is 5.68. The minimum absolute atomic E-state index is 0.0370. The van der Waals surface area contributed by atoms with Crippen LogP contribution in [0.15, 0.2) is 54.6 Å². The molecule has 0 atom stereocenters. The molecule has 4 nitrogen and oxygen atoms in total. The standard InChI is InChI=1S/C19H18FNO3/c20-18-12-15(9-10-17(18)13-22)6-4-5-11-21-19(23)24-14-16-7-2-1-3-8-16/h1-4,6-10,12-13H,5,11,14H2,(H,21,23). The average Bonchev–Trinajstić information content (AvgIpc) is 2.61. The number of rotatable bonds is 7. The lowest BCUT2D eigenvalue weighted by Crippen LogP contribution is -2.24. The number of amides is 1. The van der Waals surface area contributed by atoms with E-state index in [0.29, 0.717) is 24.8 Å². The Labute approximate surface area is 140 Å². The van der Waals surface area contributed by atoms with Crippen molar-refractivity contribution < 1.29 is 18.7 Å². The average molecular weight is 327 g/mol. The highest BCUT2D eigenvalue weighted by molar-refractivity contribution is 5.75. The second-order valence-electron chi connectivity index (χ2n) is 5.08. The molecule has 0 saturated carbocycles. The van der Waals surface area contributed by atoms with Gasteiger partial charge in [-0.25, -0.2) is 9.18 Å². The van der Waals surface area contributed by atoms with Gasteiger partial charge in [0.15, 0.2) is 6.29 Å². The molecule has 0 saturated heterocycles. The Morgan fingerprint density at radius 1 is 1.17 bits per heavy atom. The maximum Gasteiger partial charge on any atom is 0.407 e. The number of ether oxygens (including phenoxy) is 1. The molecule has 124 valence electrons. The van der Waals surface area contributed by atoms with E-state index in [1.54, 1.807) is 12.1 Å². The van der Waals surface area contributed by atoms with Crippen molar-refractivity contribution >= 4 is 18.5 Å². The molecule has 2 aromatic carbocycles. The van der Waals surface area contributed by atoms with Crippen LogP contribution >= 0.6 is 0 Å². The maximum atomic E-state index is 13.4. The van der Waals surface area contributed by atoms with E-state index >= 15 is 0 Å². The molecule has 0 aliphatic heterocycles. The summed E-state index contributed by atoms with van der Waals surface area (Å²) in [6, 6.07) is 13.8. The van der Waals surface area contributed by atoms with Gasteiger partial charge in [-0.05, 0) is 29.7 Å². The van der Waals surface area contributed by atoms with Crippen molar-refractivity contribution in [2.45, 2.75) is 13.0 Å². The van der Waals surface area contributed by atoms with Gasteiger partial charge in [0.25, 0.3) is 0 Å². The Morgan fingerprint density at radius 2 is 1.96 bits per heavy atom. The van der Waals surface area contributed by atoms with Gasteiger partial charge >= 0.3 is 6.09 Å². The summed E-state index contributed by atoms with van der Waals surface area (Å²) in [6.07, 6.45) is 4.13. The van der Waals surface area contributed by atoms with Crippen molar-refractivity contribution in [2.24, 2.45) is 0 Å². The number of halogens is 1. The molecule has 0 aromatic heterocycles. The quantitative estimate of drug-likeness (QED) is 0.618. The Morgan fingerprint density at radius 3 is 2.67 bits per heavy atom. The number of aldehydes is 1. The number of hydrogen-bond donors (Lipinski definition) is 1. The summed E-state index contributed by atoms with van der Waals surface area (Å²) >= 11 is 0. The predicted octanol–water partition coefficient (Wildman–Crippen LogP) is 3.97. The van der Waals surface area contributed by atoms with Gasteiger partial charge in [0.1, 0.15) is 12.4 Å². The molecule has 24 heavy (non-hydrogen) atoms. The summed E-state index contributed by atoms with van der Waals surface area (Å²) in [6.45, 7) is 0.643. The number of benzene rings is 2. The normalized spacial score (nSPS) is 10.5. The molecule has 0 heterocycles. The number of alkyl carbamates (subject to hydrolysis) is 1. The van der Waals surface area contributed by atoms with E-state index in [4.69, 9.17) is 4.74 Å². The van der Waals surface area contributed by atoms with Gasteiger partial charge in [-0.2, -0.15) is 0 Å². The fourth-order valence-electron chi connectivity index (χ4n) is 1.99. The molecule has 0 bridgehead atoms. The number of nitrogens with one attached hydrogen (secondary N) is 1. The second kappa shape index (κ2) is 9.25.